The summed E-state index contributed by atoms with van der Waals surface area (Å²) in [5.41, 5.74) is 1.08. The van der Waals surface area contributed by atoms with Crippen LogP contribution in [0.15, 0.2) is 55.1 Å². The summed E-state index contributed by atoms with van der Waals surface area (Å²) < 4.78 is 5.16. The van der Waals surface area contributed by atoms with Crippen LogP contribution in [0.25, 0.3) is 10.8 Å². The second kappa shape index (κ2) is 10.0. The lowest BCUT2D eigenvalue weighted by molar-refractivity contribution is 0.0407. The highest BCUT2D eigenvalue weighted by Crippen LogP contribution is 2.21. The Labute approximate surface area is 204 Å². The zero-order valence-corrected chi connectivity index (χ0v) is 20.2. The third-order valence-electron chi connectivity index (χ3n) is 6.11. The number of nitrogens with zero attached hydrogens (tertiary/aromatic N) is 4. The molecule has 0 bridgehead atoms. The van der Waals surface area contributed by atoms with Crippen molar-refractivity contribution in [2.75, 3.05) is 26.2 Å². The van der Waals surface area contributed by atoms with Crippen LogP contribution >= 0.6 is 0 Å². The molecule has 0 N–H and O–H groups in total. The Kier molecular flexibility index (Phi) is 6.91. The lowest BCUT2D eigenvalue weighted by Crippen LogP contribution is -2.55. The average Bonchev–Trinajstić information content (AvgIpc) is 2.85. The van der Waals surface area contributed by atoms with Crippen molar-refractivity contribution >= 4 is 28.6 Å². The number of carbonyl (C=O) groups excluding carboxylic acids is 3. The van der Waals surface area contributed by atoms with Crippen LogP contribution in [-0.4, -0.2) is 69.8 Å². The highest BCUT2D eigenvalue weighted by atomic mass is 16.5. The van der Waals surface area contributed by atoms with Gasteiger partial charge < -0.3 is 14.5 Å². The number of esters is 1. The number of aromatic nitrogens is 2. The molecule has 8 nitrogen and oxygen atoms in total. The molecule has 1 unspecified atom stereocenters. The molecule has 2 heterocycles. The maximum atomic E-state index is 13.4. The zero-order chi connectivity index (χ0) is 25.1. The van der Waals surface area contributed by atoms with Gasteiger partial charge in [-0.3, -0.25) is 9.59 Å². The van der Waals surface area contributed by atoms with Crippen molar-refractivity contribution in [2.45, 2.75) is 26.8 Å². The lowest BCUT2D eigenvalue weighted by Gasteiger charge is -2.40. The standard InChI is InChI=1S/C27H28N4O4/c1-5-14-35-27(34)23-18(3)28-19(4)29-24(23)26(33)30-12-13-31(17(2)16-30)25(32)22-11-10-20-8-6-7-9-21(20)15-22/h5-11,15,17H,1,12-14,16H2,2-4H3. The Morgan fingerprint density at radius 2 is 1.80 bits per heavy atom. The van der Waals surface area contributed by atoms with Crippen molar-refractivity contribution in [3.05, 3.63) is 83.5 Å². The maximum Gasteiger partial charge on any atom is 0.342 e. The van der Waals surface area contributed by atoms with Gasteiger partial charge in [0, 0.05) is 31.2 Å². The average molecular weight is 473 g/mol. The van der Waals surface area contributed by atoms with E-state index in [1.807, 2.05) is 49.4 Å². The molecule has 1 aliphatic rings. The Hall–Kier alpha value is -4.07. The van der Waals surface area contributed by atoms with Crippen LogP contribution in [0, 0.1) is 13.8 Å². The topological polar surface area (TPSA) is 92.7 Å². The third-order valence-corrected chi connectivity index (χ3v) is 6.11. The van der Waals surface area contributed by atoms with E-state index < -0.39 is 5.97 Å². The van der Waals surface area contributed by atoms with Gasteiger partial charge in [-0.05, 0) is 43.7 Å². The van der Waals surface area contributed by atoms with Crippen LogP contribution < -0.4 is 0 Å². The van der Waals surface area contributed by atoms with E-state index in [0.717, 1.165) is 10.8 Å². The Morgan fingerprint density at radius 1 is 1.06 bits per heavy atom. The molecule has 0 aliphatic carbocycles. The van der Waals surface area contributed by atoms with Gasteiger partial charge in [0.15, 0.2) is 0 Å². The van der Waals surface area contributed by atoms with E-state index in [-0.39, 0.29) is 35.7 Å². The molecule has 1 aromatic heterocycles. The Morgan fingerprint density at radius 3 is 2.51 bits per heavy atom. The van der Waals surface area contributed by atoms with Crippen LogP contribution in [0.5, 0.6) is 0 Å². The Balaban J connectivity index is 1.53. The smallest absolute Gasteiger partial charge is 0.342 e. The minimum Gasteiger partial charge on any atom is -0.458 e. The molecule has 0 spiro atoms. The van der Waals surface area contributed by atoms with Crippen molar-refractivity contribution in [3.63, 3.8) is 0 Å². The van der Waals surface area contributed by atoms with Crippen LogP contribution in [0.4, 0.5) is 0 Å². The highest BCUT2D eigenvalue weighted by Gasteiger charge is 2.34. The minimum absolute atomic E-state index is 0.0190. The van der Waals surface area contributed by atoms with Crippen molar-refractivity contribution in [2.24, 2.45) is 0 Å². The SMILES string of the molecule is C=CCOC(=O)c1c(C)nc(C)nc1C(=O)N1CCN(C(=O)c2ccc3ccccc3c2)C(C)C1. The summed E-state index contributed by atoms with van der Waals surface area (Å²) in [5.74, 6) is -0.722. The van der Waals surface area contributed by atoms with Gasteiger partial charge in [-0.15, -0.1) is 0 Å². The number of ether oxygens (including phenoxy) is 1. The fourth-order valence-electron chi connectivity index (χ4n) is 4.40. The van der Waals surface area contributed by atoms with Crippen LogP contribution in [0.1, 0.15) is 49.6 Å². The second-order valence-electron chi connectivity index (χ2n) is 8.63. The first kappa shape index (κ1) is 24.1. The number of hydrogen-bond donors (Lipinski definition) is 0. The summed E-state index contributed by atoms with van der Waals surface area (Å²) in [4.78, 5) is 51.3. The summed E-state index contributed by atoms with van der Waals surface area (Å²) in [6.45, 7) is 9.82. The number of piperazine rings is 1. The molecule has 3 aromatic rings. The number of rotatable bonds is 5. The quantitative estimate of drug-likeness (QED) is 0.416. The van der Waals surface area contributed by atoms with Gasteiger partial charge >= 0.3 is 5.97 Å². The number of carbonyl (C=O) groups is 3. The molecule has 0 radical (unpaired) electrons. The van der Waals surface area contributed by atoms with E-state index in [4.69, 9.17) is 4.74 Å². The molecular formula is C27H28N4O4. The molecule has 180 valence electrons. The number of aryl methyl sites for hydroxylation is 2. The summed E-state index contributed by atoms with van der Waals surface area (Å²) in [6, 6.07) is 13.4. The molecule has 0 saturated carbocycles. The van der Waals surface area contributed by atoms with Crippen LogP contribution in [-0.2, 0) is 4.74 Å². The van der Waals surface area contributed by atoms with Crippen molar-refractivity contribution in [1.82, 2.24) is 19.8 Å². The molecule has 1 fully saturated rings. The molecule has 2 amide bonds. The number of hydrogen-bond acceptors (Lipinski definition) is 6. The van der Waals surface area contributed by atoms with Gasteiger partial charge in [0.25, 0.3) is 11.8 Å². The van der Waals surface area contributed by atoms with Gasteiger partial charge in [0.05, 0.1) is 5.69 Å². The van der Waals surface area contributed by atoms with Crippen LogP contribution in [0.3, 0.4) is 0 Å². The molecule has 1 saturated heterocycles. The van der Waals surface area contributed by atoms with E-state index in [2.05, 4.69) is 16.5 Å². The monoisotopic (exact) mass is 472 g/mol. The zero-order valence-electron chi connectivity index (χ0n) is 20.2. The molecule has 2 aromatic carbocycles. The normalized spacial score (nSPS) is 15.7. The van der Waals surface area contributed by atoms with Gasteiger partial charge in [0.2, 0.25) is 0 Å². The third kappa shape index (κ3) is 4.91. The van der Waals surface area contributed by atoms with Gasteiger partial charge in [0.1, 0.15) is 23.7 Å². The highest BCUT2D eigenvalue weighted by molar-refractivity contribution is 6.05. The van der Waals surface area contributed by atoms with E-state index in [9.17, 15) is 14.4 Å². The second-order valence-corrected chi connectivity index (χ2v) is 8.63. The van der Waals surface area contributed by atoms with Crippen molar-refractivity contribution in [1.29, 1.82) is 0 Å². The summed E-state index contributed by atoms with van der Waals surface area (Å²) in [5, 5.41) is 2.08. The van der Waals surface area contributed by atoms with E-state index in [1.54, 1.807) is 23.6 Å². The van der Waals surface area contributed by atoms with E-state index in [0.29, 0.717) is 36.7 Å². The van der Waals surface area contributed by atoms with Gasteiger partial charge in [-0.1, -0.05) is 43.0 Å². The predicted molar refractivity (Wildman–Crippen MR) is 132 cm³/mol. The summed E-state index contributed by atoms with van der Waals surface area (Å²) in [6.07, 6.45) is 1.46. The van der Waals surface area contributed by atoms with Crippen LogP contribution in [0.2, 0.25) is 0 Å². The van der Waals surface area contributed by atoms with Crippen molar-refractivity contribution in [3.8, 4) is 0 Å². The maximum absolute atomic E-state index is 13.4. The predicted octanol–water partition coefficient (Wildman–Crippen LogP) is 3.58. The fourth-order valence-corrected chi connectivity index (χ4v) is 4.40. The fraction of sp³-hybridized carbons (Fsp3) is 0.296. The molecular weight excluding hydrogens is 444 g/mol. The first-order valence-corrected chi connectivity index (χ1v) is 11.5. The van der Waals surface area contributed by atoms with E-state index in [1.165, 1.54) is 6.08 Å². The lowest BCUT2D eigenvalue weighted by atomic mass is 10.0. The minimum atomic E-state index is -0.663. The summed E-state index contributed by atoms with van der Waals surface area (Å²) >= 11 is 0. The van der Waals surface area contributed by atoms with Gasteiger partial charge in [-0.25, -0.2) is 14.8 Å². The molecule has 8 heteroatoms. The first-order chi connectivity index (χ1) is 16.8. The number of amides is 2. The first-order valence-electron chi connectivity index (χ1n) is 11.5. The Bertz CT molecular complexity index is 1320. The largest absolute Gasteiger partial charge is 0.458 e. The molecule has 1 atom stereocenters. The summed E-state index contributed by atoms with van der Waals surface area (Å²) in [7, 11) is 0. The van der Waals surface area contributed by atoms with E-state index >= 15 is 0 Å². The molecule has 4 rings (SSSR count). The van der Waals surface area contributed by atoms with Gasteiger partial charge in [-0.2, -0.15) is 0 Å². The number of benzene rings is 2. The molecule has 35 heavy (non-hydrogen) atoms. The van der Waals surface area contributed by atoms with Crippen molar-refractivity contribution < 1.29 is 19.1 Å². The molecule has 1 aliphatic heterocycles. The number of fused-ring (bicyclic) bond motifs is 1.